The van der Waals surface area contributed by atoms with Crippen LogP contribution in [0, 0.1) is 6.92 Å². The van der Waals surface area contributed by atoms with E-state index in [1.807, 2.05) is 19.1 Å². The molecule has 4 rings (SSSR count). The van der Waals surface area contributed by atoms with Crippen molar-refractivity contribution in [2.24, 2.45) is 4.99 Å². The van der Waals surface area contributed by atoms with Crippen molar-refractivity contribution in [3.8, 4) is 17.2 Å². The minimum atomic E-state index is -0.739. The van der Waals surface area contributed by atoms with Gasteiger partial charge in [-0.15, -0.1) is 0 Å². The average molecular weight is 559 g/mol. The third-order valence-electron chi connectivity index (χ3n) is 6.56. The zero-order valence-electron chi connectivity index (χ0n) is 23.5. The molecule has 2 aliphatic heterocycles. The number of carbonyl (C=O) groups is 1. The first-order valence-corrected chi connectivity index (χ1v) is 13.9. The van der Waals surface area contributed by atoms with Crippen LogP contribution in [0.2, 0.25) is 0 Å². The first-order valence-electron chi connectivity index (χ1n) is 13.1. The van der Waals surface area contributed by atoms with Gasteiger partial charge < -0.3 is 34.5 Å². The number of hydrogen-bond acceptors (Lipinski definition) is 12. The summed E-state index contributed by atoms with van der Waals surface area (Å²) in [5.41, 5.74) is 0.834. The lowest BCUT2D eigenvalue weighted by Crippen LogP contribution is -2.50. The number of aryl methyl sites for hydroxylation is 1. The molecule has 3 N–H and O–H groups in total. The molecule has 212 valence electrons. The monoisotopic (exact) mass is 558 g/mol. The summed E-state index contributed by atoms with van der Waals surface area (Å²) in [4.78, 5) is 24.6. The third-order valence-corrected chi connectivity index (χ3v) is 7.62. The quantitative estimate of drug-likeness (QED) is 0.371. The van der Waals surface area contributed by atoms with E-state index in [4.69, 9.17) is 23.9 Å². The number of aromatic nitrogens is 1. The molecule has 1 aromatic carbocycles. The Morgan fingerprint density at radius 3 is 2.44 bits per heavy atom. The first kappa shape index (κ1) is 28.5. The summed E-state index contributed by atoms with van der Waals surface area (Å²) in [6.45, 7) is 8.36. The summed E-state index contributed by atoms with van der Waals surface area (Å²) in [6.07, 6.45) is 5.62. The van der Waals surface area contributed by atoms with Gasteiger partial charge in [-0.25, -0.2) is 14.8 Å². The van der Waals surface area contributed by atoms with Crippen LogP contribution >= 0.6 is 11.3 Å². The summed E-state index contributed by atoms with van der Waals surface area (Å²) in [5, 5.41) is 10.9. The summed E-state index contributed by atoms with van der Waals surface area (Å²) in [6, 6.07) is 3.85. The van der Waals surface area contributed by atoms with Crippen molar-refractivity contribution in [2.75, 3.05) is 46.3 Å². The van der Waals surface area contributed by atoms with Gasteiger partial charge in [0.05, 0.1) is 33.6 Å². The molecule has 0 saturated carbocycles. The van der Waals surface area contributed by atoms with Gasteiger partial charge in [-0.05, 0) is 63.8 Å². The maximum atomic E-state index is 12.3. The Kier molecular flexibility index (Phi) is 9.18. The molecular formula is C27H38N6O5S. The Bertz CT molecular complexity index is 1210. The molecule has 39 heavy (non-hydrogen) atoms. The number of thiazole rings is 1. The molecule has 1 unspecified atom stereocenters. The number of piperidine rings is 1. The molecule has 2 aliphatic rings. The van der Waals surface area contributed by atoms with Gasteiger partial charge in [0.1, 0.15) is 16.4 Å². The minimum Gasteiger partial charge on any atom is -0.493 e. The van der Waals surface area contributed by atoms with Crippen molar-refractivity contribution in [3.63, 3.8) is 0 Å². The number of carbonyl (C=O) groups excluding carboxylic acids is 1. The van der Waals surface area contributed by atoms with Crippen molar-refractivity contribution in [2.45, 2.75) is 52.2 Å². The van der Waals surface area contributed by atoms with Crippen LogP contribution in [0.1, 0.15) is 54.0 Å². The molecule has 11 nitrogen and oxygen atoms in total. The molecule has 0 bridgehead atoms. The second-order valence-electron chi connectivity index (χ2n) is 9.48. The molecule has 3 heterocycles. The largest absolute Gasteiger partial charge is 0.493 e. The highest BCUT2D eigenvalue weighted by Crippen LogP contribution is 2.38. The maximum absolute atomic E-state index is 12.3. The van der Waals surface area contributed by atoms with E-state index in [1.54, 1.807) is 35.2 Å². The average Bonchev–Trinajstić information content (AvgIpc) is 3.31. The van der Waals surface area contributed by atoms with E-state index < -0.39 is 5.66 Å². The van der Waals surface area contributed by atoms with Crippen molar-refractivity contribution >= 4 is 28.4 Å². The number of aliphatic imine (C=N–C) groups is 1. The van der Waals surface area contributed by atoms with E-state index in [0.29, 0.717) is 52.1 Å². The number of hydrogen-bond donors (Lipinski definition) is 3. The number of nitrogens with one attached hydrogen (secondary N) is 3. The molecule has 1 atom stereocenters. The Hall–Kier alpha value is -3.51. The number of benzene rings is 1. The highest BCUT2D eigenvalue weighted by molar-refractivity contribution is 7.17. The minimum absolute atomic E-state index is 0.313. The predicted molar refractivity (Wildman–Crippen MR) is 152 cm³/mol. The first-order chi connectivity index (χ1) is 18.8. The Labute approximate surface area is 233 Å². The molecule has 0 aliphatic carbocycles. The van der Waals surface area contributed by atoms with Crippen molar-refractivity contribution in [3.05, 3.63) is 40.2 Å². The van der Waals surface area contributed by atoms with Gasteiger partial charge in [-0.2, -0.15) is 0 Å². The lowest BCUT2D eigenvalue weighted by Gasteiger charge is -2.37. The third kappa shape index (κ3) is 6.74. The number of methoxy groups -OCH3 is 3. The number of rotatable bonds is 10. The lowest BCUT2D eigenvalue weighted by atomic mass is 10.1. The molecule has 1 aromatic heterocycles. The van der Waals surface area contributed by atoms with Crippen LogP contribution in [0.15, 0.2) is 29.0 Å². The van der Waals surface area contributed by atoms with Gasteiger partial charge in [0, 0.05) is 19.6 Å². The van der Waals surface area contributed by atoms with Crippen LogP contribution in [0.3, 0.4) is 0 Å². The molecule has 2 aromatic rings. The molecule has 0 radical (unpaired) electrons. The lowest BCUT2D eigenvalue weighted by molar-refractivity contribution is 0.0531. The zero-order chi connectivity index (χ0) is 28.0. The summed E-state index contributed by atoms with van der Waals surface area (Å²) in [5.74, 6) is 2.89. The van der Waals surface area contributed by atoms with E-state index in [0.717, 1.165) is 37.3 Å². The summed E-state index contributed by atoms with van der Waals surface area (Å²) < 4.78 is 21.7. The van der Waals surface area contributed by atoms with E-state index in [2.05, 4.69) is 31.9 Å². The highest BCUT2D eigenvalue weighted by atomic mass is 32.1. The number of guanidine groups is 1. The molecule has 0 amide bonds. The number of anilines is 1. The maximum Gasteiger partial charge on any atom is 0.350 e. The normalized spacial score (nSPS) is 19.0. The second-order valence-corrected chi connectivity index (χ2v) is 10.5. The smallest absolute Gasteiger partial charge is 0.350 e. The number of likely N-dealkylation sites (tertiary alicyclic amines) is 1. The second kappa shape index (κ2) is 12.6. The fourth-order valence-electron chi connectivity index (χ4n) is 4.63. The molecule has 1 saturated heterocycles. The number of esters is 1. The van der Waals surface area contributed by atoms with Crippen LogP contribution < -0.4 is 30.2 Å². The van der Waals surface area contributed by atoms with Gasteiger partial charge in [0.15, 0.2) is 16.6 Å². The van der Waals surface area contributed by atoms with Crippen LogP contribution in [-0.2, 0) is 11.3 Å². The van der Waals surface area contributed by atoms with Gasteiger partial charge in [0.2, 0.25) is 11.7 Å². The molecular weight excluding hydrogens is 520 g/mol. The number of nitrogens with zero attached hydrogens (tertiary/aromatic N) is 3. The SMILES string of the molecule is CCOC(=O)c1sc(NC2=NC(C)(NCc3cc(OC)c(OC)c(OC)c3)C=C(N3CCCCC3)N2)nc1C. The fourth-order valence-corrected chi connectivity index (χ4v) is 5.49. The highest BCUT2D eigenvalue weighted by Gasteiger charge is 2.30. The Morgan fingerprint density at radius 1 is 1.13 bits per heavy atom. The van der Waals surface area contributed by atoms with Gasteiger partial charge in [-0.3, -0.25) is 5.32 Å². The van der Waals surface area contributed by atoms with Crippen molar-refractivity contribution < 1.29 is 23.7 Å². The van der Waals surface area contributed by atoms with Crippen molar-refractivity contribution in [1.82, 2.24) is 20.5 Å². The van der Waals surface area contributed by atoms with Gasteiger partial charge in [0.25, 0.3) is 0 Å². The van der Waals surface area contributed by atoms with Crippen LogP contribution in [0.5, 0.6) is 17.2 Å². The van der Waals surface area contributed by atoms with Crippen molar-refractivity contribution in [1.29, 1.82) is 0 Å². The standard InChI is InChI=1S/C27H38N6O5S/c1-7-38-24(34)23-17(2)29-26(39-23)31-25-30-21(33-11-9-8-10-12-33)15-27(3,32-25)28-16-18-13-19(35-4)22(37-6)20(14-18)36-5/h13-15,28H,7-12,16H2,1-6H3,(H2,29,30,31,32). The van der Waals surface area contributed by atoms with Gasteiger partial charge >= 0.3 is 5.97 Å². The fraction of sp³-hybridized carbons (Fsp3) is 0.519. The molecule has 12 heteroatoms. The Morgan fingerprint density at radius 2 is 1.82 bits per heavy atom. The topological polar surface area (TPSA) is 119 Å². The van der Waals surface area contributed by atoms with E-state index in [1.165, 1.54) is 17.8 Å². The predicted octanol–water partition coefficient (Wildman–Crippen LogP) is 3.86. The zero-order valence-corrected chi connectivity index (χ0v) is 24.3. The summed E-state index contributed by atoms with van der Waals surface area (Å²) in [7, 11) is 4.79. The molecule has 0 spiro atoms. The van der Waals surface area contributed by atoms with E-state index in [-0.39, 0.29) is 5.97 Å². The van der Waals surface area contributed by atoms with Crippen LogP contribution in [0.4, 0.5) is 5.13 Å². The molecule has 1 fully saturated rings. The summed E-state index contributed by atoms with van der Waals surface area (Å²) >= 11 is 1.25. The van der Waals surface area contributed by atoms with Crippen LogP contribution in [-0.4, -0.2) is 68.5 Å². The number of ether oxygens (including phenoxy) is 4. The van der Waals surface area contributed by atoms with E-state index >= 15 is 0 Å². The van der Waals surface area contributed by atoms with E-state index in [9.17, 15) is 4.79 Å². The van der Waals surface area contributed by atoms with Crippen LogP contribution in [0.25, 0.3) is 0 Å². The Balaban J connectivity index is 1.59. The van der Waals surface area contributed by atoms with Gasteiger partial charge in [-0.1, -0.05) is 11.3 Å².